The third kappa shape index (κ3) is 2.98. The van der Waals surface area contributed by atoms with E-state index in [0.29, 0.717) is 11.5 Å². The highest BCUT2D eigenvalue weighted by Crippen LogP contribution is 2.39. The average molecular weight is 224 g/mol. The lowest BCUT2D eigenvalue weighted by Gasteiger charge is -2.41. The van der Waals surface area contributed by atoms with Crippen molar-refractivity contribution >= 4 is 0 Å². The number of piperidine rings is 1. The molecule has 1 saturated heterocycles. The van der Waals surface area contributed by atoms with E-state index in [-0.39, 0.29) is 0 Å². The number of hydrogen-bond donors (Lipinski definition) is 1. The second-order valence-electron chi connectivity index (χ2n) is 6.50. The predicted octanol–water partition coefficient (Wildman–Crippen LogP) is 2.50. The van der Waals surface area contributed by atoms with E-state index in [1.165, 1.54) is 51.7 Å². The molecular weight excluding hydrogens is 196 g/mol. The Bertz CT molecular complexity index is 223. The van der Waals surface area contributed by atoms with Crippen molar-refractivity contribution in [2.75, 3.05) is 26.7 Å². The molecule has 2 nitrogen and oxygen atoms in total. The minimum atomic E-state index is 0.620. The summed E-state index contributed by atoms with van der Waals surface area (Å²) in [5.74, 6) is 0.863. The van der Waals surface area contributed by atoms with Crippen LogP contribution in [0.15, 0.2) is 0 Å². The Hall–Kier alpha value is -0.0800. The highest BCUT2D eigenvalue weighted by molar-refractivity contribution is 4.87. The summed E-state index contributed by atoms with van der Waals surface area (Å²) in [7, 11) is 2.26. The van der Waals surface area contributed by atoms with Gasteiger partial charge < -0.3 is 10.2 Å². The van der Waals surface area contributed by atoms with E-state index in [0.717, 1.165) is 5.92 Å². The van der Waals surface area contributed by atoms with Crippen molar-refractivity contribution in [3.05, 3.63) is 0 Å². The Kier molecular flexibility index (Phi) is 3.91. The lowest BCUT2D eigenvalue weighted by atomic mass is 9.70. The maximum Gasteiger partial charge on any atom is 0.00794 e. The van der Waals surface area contributed by atoms with Crippen LogP contribution in [0, 0.1) is 11.3 Å². The molecule has 2 aliphatic rings. The monoisotopic (exact) mass is 224 g/mol. The molecule has 0 aromatic heterocycles. The van der Waals surface area contributed by atoms with E-state index in [4.69, 9.17) is 0 Å². The second kappa shape index (κ2) is 5.05. The number of nitrogens with zero attached hydrogens (tertiary/aromatic N) is 1. The maximum absolute atomic E-state index is 3.79. The predicted molar refractivity (Wildman–Crippen MR) is 69.6 cm³/mol. The first-order chi connectivity index (χ1) is 7.59. The van der Waals surface area contributed by atoms with Crippen molar-refractivity contribution in [1.29, 1.82) is 0 Å². The first kappa shape index (κ1) is 12.4. The van der Waals surface area contributed by atoms with Gasteiger partial charge in [-0.05, 0) is 57.5 Å². The van der Waals surface area contributed by atoms with Gasteiger partial charge in [-0.2, -0.15) is 0 Å². The Morgan fingerprint density at radius 3 is 2.69 bits per heavy atom. The topological polar surface area (TPSA) is 15.3 Å². The van der Waals surface area contributed by atoms with E-state index in [1.807, 2.05) is 0 Å². The van der Waals surface area contributed by atoms with Gasteiger partial charge in [-0.1, -0.05) is 13.3 Å². The van der Waals surface area contributed by atoms with Crippen LogP contribution in [0.1, 0.15) is 46.0 Å². The summed E-state index contributed by atoms with van der Waals surface area (Å²) in [6, 6.07) is 0.695. The van der Waals surface area contributed by atoms with Crippen molar-refractivity contribution in [2.45, 2.75) is 52.0 Å². The first-order valence-electron chi connectivity index (χ1n) is 7.01. The second-order valence-corrected chi connectivity index (χ2v) is 6.50. The Balaban J connectivity index is 1.72. The van der Waals surface area contributed by atoms with Gasteiger partial charge in [0.1, 0.15) is 0 Å². The zero-order chi connectivity index (χ0) is 11.6. The smallest absolute Gasteiger partial charge is 0.00794 e. The molecule has 0 aromatic carbocycles. The SMILES string of the molecule is CC(NCC1(C)CCC1)C1CCCN(C)C1. The van der Waals surface area contributed by atoms with E-state index in [2.05, 4.69) is 31.1 Å². The van der Waals surface area contributed by atoms with Gasteiger partial charge in [-0.3, -0.25) is 0 Å². The molecule has 16 heavy (non-hydrogen) atoms. The van der Waals surface area contributed by atoms with Gasteiger partial charge in [0.2, 0.25) is 0 Å². The van der Waals surface area contributed by atoms with Crippen LogP contribution in [0.3, 0.4) is 0 Å². The minimum absolute atomic E-state index is 0.620. The quantitative estimate of drug-likeness (QED) is 0.789. The molecule has 2 atom stereocenters. The fourth-order valence-corrected chi connectivity index (χ4v) is 3.15. The Labute approximate surface area is 101 Å². The first-order valence-corrected chi connectivity index (χ1v) is 7.01. The minimum Gasteiger partial charge on any atom is -0.313 e. The van der Waals surface area contributed by atoms with Gasteiger partial charge in [0.25, 0.3) is 0 Å². The van der Waals surface area contributed by atoms with Gasteiger partial charge >= 0.3 is 0 Å². The number of hydrogen-bond acceptors (Lipinski definition) is 2. The molecule has 1 N–H and O–H groups in total. The summed E-state index contributed by atoms with van der Waals surface area (Å²) in [5.41, 5.74) is 0.620. The van der Waals surface area contributed by atoms with Crippen LogP contribution >= 0.6 is 0 Å². The zero-order valence-electron chi connectivity index (χ0n) is 11.3. The highest BCUT2D eigenvalue weighted by Gasteiger charge is 2.32. The lowest BCUT2D eigenvalue weighted by Crippen LogP contribution is -2.47. The van der Waals surface area contributed by atoms with Crippen molar-refractivity contribution < 1.29 is 0 Å². The highest BCUT2D eigenvalue weighted by atomic mass is 15.1. The van der Waals surface area contributed by atoms with Crippen molar-refractivity contribution in [1.82, 2.24) is 10.2 Å². The van der Waals surface area contributed by atoms with Crippen LogP contribution < -0.4 is 5.32 Å². The molecule has 1 heterocycles. The fraction of sp³-hybridized carbons (Fsp3) is 1.00. The molecule has 2 rings (SSSR count). The van der Waals surface area contributed by atoms with Crippen LogP contribution in [-0.2, 0) is 0 Å². The number of likely N-dealkylation sites (tertiary alicyclic amines) is 1. The molecule has 2 unspecified atom stereocenters. The average Bonchev–Trinajstić information content (AvgIpc) is 2.23. The molecule has 0 radical (unpaired) electrons. The van der Waals surface area contributed by atoms with Gasteiger partial charge in [0.05, 0.1) is 0 Å². The molecular formula is C14H28N2. The van der Waals surface area contributed by atoms with Gasteiger partial charge in [-0.15, -0.1) is 0 Å². The van der Waals surface area contributed by atoms with E-state index in [1.54, 1.807) is 0 Å². The van der Waals surface area contributed by atoms with Gasteiger partial charge in [-0.25, -0.2) is 0 Å². The van der Waals surface area contributed by atoms with Crippen LogP contribution in [0.5, 0.6) is 0 Å². The largest absolute Gasteiger partial charge is 0.313 e. The molecule has 1 aliphatic heterocycles. The van der Waals surface area contributed by atoms with Crippen LogP contribution in [-0.4, -0.2) is 37.6 Å². The molecule has 2 heteroatoms. The molecule has 1 aliphatic carbocycles. The Morgan fingerprint density at radius 2 is 2.12 bits per heavy atom. The molecule has 1 saturated carbocycles. The molecule has 0 amide bonds. The van der Waals surface area contributed by atoms with Crippen molar-refractivity contribution in [2.24, 2.45) is 11.3 Å². The van der Waals surface area contributed by atoms with Gasteiger partial charge in [0, 0.05) is 19.1 Å². The lowest BCUT2D eigenvalue weighted by molar-refractivity contribution is 0.129. The molecule has 0 bridgehead atoms. The normalized spacial score (nSPS) is 32.1. The Morgan fingerprint density at radius 1 is 1.38 bits per heavy atom. The van der Waals surface area contributed by atoms with E-state index in [9.17, 15) is 0 Å². The number of rotatable bonds is 4. The number of nitrogens with one attached hydrogen (secondary N) is 1. The zero-order valence-corrected chi connectivity index (χ0v) is 11.3. The molecule has 0 aromatic rings. The van der Waals surface area contributed by atoms with Crippen LogP contribution in [0.2, 0.25) is 0 Å². The van der Waals surface area contributed by atoms with Crippen LogP contribution in [0.25, 0.3) is 0 Å². The summed E-state index contributed by atoms with van der Waals surface area (Å²) in [6.45, 7) is 8.62. The molecule has 94 valence electrons. The summed E-state index contributed by atoms with van der Waals surface area (Å²) in [5, 5.41) is 3.79. The third-order valence-electron chi connectivity index (χ3n) is 4.78. The summed E-state index contributed by atoms with van der Waals surface area (Å²) < 4.78 is 0. The summed E-state index contributed by atoms with van der Waals surface area (Å²) >= 11 is 0. The molecule has 0 spiro atoms. The van der Waals surface area contributed by atoms with Crippen molar-refractivity contribution in [3.63, 3.8) is 0 Å². The van der Waals surface area contributed by atoms with Crippen molar-refractivity contribution in [3.8, 4) is 0 Å². The van der Waals surface area contributed by atoms with E-state index < -0.39 is 0 Å². The van der Waals surface area contributed by atoms with Gasteiger partial charge in [0.15, 0.2) is 0 Å². The fourth-order valence-electron chi connectivity index (χ4n) is 3.15. The summed E-state index contributed by atoms with van der Waals surface area (Å²) in [6.07, 6.45) is 7.09. The standard InChI is InChI=1S/C14H28N2/c1-12(13-6-4-9-16(3)10-13)15-11-14(2)7-5-8-14/h12-13,15H,4-11H2,1-3H3. The third-order valence-corrected chi connectivity index (χ3v) is 4.78. The van der Waals surface area contributed by atoms with E-state index >= 15 is 0 Å². The summed E-state index contributed by atoms with van der Waals surface area (Å²) in [4.78, 5) is 2.48. The van der Waals surface area contributed by atoms with Crippen LogP contribution in [0.4, 0.5) is 0 Å². The maximum atomic E-state index is 3.79. The molecule has 2 fully saturated rings.